The third kappa shape index (κ3) is 3.33. The summed E-state index contributed by atoms with van der Waals surface area (Å²) < 4.78 is 1.93. The van der Waals surface area contributed by atoms with Gasteiger partial charge in [-0.15, -0.1) is 0 Å². The van der Waals surface area contributed by atoms with Gasteiger partial charge in [0, 0.05) is 38.7 Å². The molecule has 0 saturated carbocycles. The van der Waals surface area contributed by atoms with Crippen LogP contribution in [0.4, 0.5) is 5.82 Å². The highest BCUT2D eigenvalue weighted by atomic mass is 16.1. The van der Waals surface area contributed by atoms with Crippen molar-refractivity contribution in [3.63, 3.8) is 0 Å². The van der Waals surface area contributed by atoms with E-state index in [1.54, 1.807) is 0 Å². The molecule has 1 unspecified atom stereocenters. The van der Waals surface area contributed by atoms with E-state index in [2.05, 4.69) is 30.5 Å². The van der Waals surface area contributed by atoms with Crippen LogP contribution < -0.4 is 5.32 Å². The fourth-order valence-electron chi connectivity index (χ4n) is 2.74. The van der Waals surface area contributed by atoms with Crippen LogP contribution in [0.5, 0.6) is 0 Å². The average molecular weight is 303 g/mol. The Kier molecular flexibility index (Phi) is 4.19. The number of rotatable bonds is 5. The molecule has 1 saturated heterocycles. The predicted molar refractivity (Wildman–Crippen MR) is 81.2 cm³/mol. The number of aryl methyl sites for hydroxylation is 1. The van der Waals surface area contributed by atoms with E-state index in [1.165, 1.54) is 6.92 Å². The third-order valence-corrected chi connectivity index (χ3v) is 3.80. The first-order valence-electron chi connectivity index (χ1n) is 7.59. The van der Waals surface area contributed by atoms with Gasteiger partial charge in [-0.3, -0.25) is 19.5 Å². The second-order valence-corrected chi connectivity index (χ2v) is 5.59. The molecule has 0 radical (unpaired) electrons. The van der Waals surface area contributed by atoms with Gasteiger partial charge < -0.3 is 5.32 Å². The summed E-state index contributed by atoms with van der Waals surface area (Å²) in [5.41, 5.74) is 0. The molecule has 0 aliphatic carbocycles. The molecule has 2 aromatic rings. The molecular formula is C14H21N7O. The summed E-state index contributed by atoms with van der Waals surface area (Å²) in [5, 5.41) is 14.3. The van der Waals surface area contributed by atoms with Gasteiger partial charge in [0.1, 0.15) is 11.6 Å². The third-order valence-electron chi connectivity index (χ3n) is 3.80. The molecule has 1 aliphatic heterocycles. The second-order valence-electron chi connectivity index (χ2n) is 5.59. The standard InChI is InChI=1S/C14H21N7O/c1-3-12-16-14(18-17-12)9-20-6-4-11(8-20)21-7-5-13(19-21)15-10(2)22/h5,7,11H,3-4,6,8-9H2,1-2H3,(H,15,19,22)(H,16,17,18). The van der Waals surface area contributed by atoms with Crippen LogP contribution in [-0.4, -0.2) is 48.9 Å². The Morgan fingerprint density at radius 3 is 3.14 bits per heavy atom. The maximum Gasteiger partial charge on any atom is 0.222 e. The number of hydrogen-bond donors (Lipinski definition) is 2. The summed E-state index contributed by atoms with van der Waals surface area (Å²) in [5.74, 6) is 2.28. The van der Waals surface area contributed by atoms with E-state index < -0.39 is 0 Å². The summed E-state index contributed by atoms with van der Waals surface area (Å²) >= 11 is 0. The molecule has 3 rings (SSSR count). The largest absolute Gasteiger partial charge is 0.309 e. The van der Waals surface area contributed by atoms with Crippen molar-refractivity contribution in [3.8, 4) is 0 Å². The van der Waals surface area contributed by atoms with E-state index in [-0.39, 0.29) is 5.91 Å². The molecular weight excluding hydrogens is 282 g/mol. The number of aromatic nitrogens is 5. The zero-order chi connectivity index (χ0) is 15.5. The number of H-pyrrole nitrogens is 1. The Bertz CT molecular complexity index is 647. The van der Waals surface area contributed by atoms with Crippen molar-refractivity contribution in [2.24, 2.45) is 0 Å². The normalized spacial score (nSPS) is 18.7. The highest BCUT2D eigenvalue weighted by Crippen LogP contribution is 2.22. The van der Waals surface area contributed by atoms with Crippen molar-refractivity contribution in [1.29, 1.82) is 0 Å². The molecule has 118 valence electrons. The Balaban J connectivity index is 1.57. The van der Waals surface area contributed by atoms with Crippen molar-refractivity contribution < 1.29 is 4.79 Å². The first-order chi connectivity index (χ1) is 10.6. The van der Waals surface area contributed by atoms with Crippen LogP contribution in [0.25, 0.3) is 0 Å². The predicted octanol–water partition coefficient (Wildman–Crippen LogP) is 0.969. The molecule has 8 nitrogen and oxygen atoms in total. The van der Waals surface area contributed by atoms with Gasteiger partial charge in [0.2, 0.25) is 5.91 Å². The summed E-state index contributed by atoms with van der Waals surface area (Å²) in [6, 6.07) is 2.16. The summed E-state index contributed by atoms with van der Waals surface area (Å²) in [6.07, 6.45) is 3.80. The lowest BCUT2D eigenvalue weighted by Crippen LogP contribution is -2.22. The fourth-order valence-corrected chi connectivity index (χ4v) is 2.74. The Morgan fingerprint density at radius 2 is 2.41 bits per heavy atom. The molecule has 1 aliphatic rings. The highest BCUT2D eigenvalue weighted by Gasteiger charge is 2.25. The minimum atomic E-state index is -0.102. The van der Waals surface area contributed by atoms with Crippen molar-refractivity contribution >= 4 is 11.7 Å². The van der Waals surface area contributed by atoms with E-state index in [0.29, 0.717) is 11.9 Å². The molecule has 0 aromatic carbocycles. The van der Waals surface area contributed by atoms with Gasteiger partial charge in [-0.1, -0.05) is 6.92 Å². The van der Waals surface area contributed by atoms with E-state index in [1.807, 2.05) is 23.9 Å². The number of carbonyl (C=O) groups is 1. The topological polar surface area (TPSA) is 91.7 Å². The first-order valence-corrected chi connectivity index (χ1v) is 7.59. The van der Waals surface area contributed by atoms with E-state index in [9.17, 15) is 4.79 Å². The monoisotopic (exact) mass is 303 g/mol. The van der Waals surface area contributed by atoms with Crippen LogP contribution in [0.15, 0.2) is 12.3 Å². The molecule has 2 aromatic heterocycles. The summed E-state index contributed by atoms with van der Waals surface area (Å²) in [7, 11) is 0. The van der Waals surface area contributed by atoms with Gasteiger partial charge in [-0.05, 0) is 6.42 Å². The van der Waals surface area contributed by atoms with Crippen LogP contribution in [0.3, 0.4) is 0 Å². The smallest absolute Gasteiger partial charge is 0.222 e. The van der Waals surface area contributed by atoms with Gasteiger partial charge in [0.25, 0.3) is 0 Å². The molecule has 1 fully saturated rings. The summed E-state index contributed by atoms with van der Waals surface area (Å²) in [6.45, 7) is 6.23. The molecule has 3 heterocycles. The summed E-state index contributed by atoms with van der Waals surface area (Å²) in [4.78, 5) is 17.8. The van der Waals surface area contributed by atoms with Crippen molar-refractivity contribution in [2.45, 2.75) is 39.3 Å². The van der Waals surface area contributed by atoms with Gasteiger partial charge in [-0.25, -0.2) is 4.98 Å². The second kappa shape index (κ2) is 6.27. The van der Waals surface area contributed by atoms with E-state index in [0.717, 1.165) is 44.1 Å². The molecule has 8 heteroatoms. The highest BCUT2D eigenvalue weighted by molar-refractivity contribution is 5.87. The van der Waals surface area contributed by atoms with Crippen molar-refractivity contribution in [3.05, 3.63) is 23.9 Å². The fraction of sp³-hybridized carbons (Fsp3) is 0.571. The van der Waals surface area contributed by atoms with Gasteiger partial charge >= 0.3 is 0 Å². The van der Waals surface area contributed by atoms with Crippen molar-refractivity contribution in [2.75, 3.05) is 18.4 Å². The van der Waals surface area contributed by atoms with E-state index >= 15 is 0 Å². The lowest BCUT2D eigenvalue weighted by molar-refractivity contribution is -0.114. The number of nitrogens with zero attached hydrogens (tertiary/aromatic N) is 5. The maximum atomic E-state index is 11.0. The van der Waals surface area contributed by atoms with Crippen LogP contribution in [-0.2, 0) is 17.8 Å². The average Bonchev–Trinajstić information content (AvgIpc) is 3.18. The SMILES string of the molecule is CCc1n[nH]c(CN2CCC(n3ccc(NC(C)=O)n3)C2)n1. The van der Waals surface area contributed by atoms with E-state index in [4.69, 9.17) is 0 Å². The number of amides is 1. The zero-order valence-corrected chi connectivity index (χ0v) is 12.9. The minimum absolute atomic E-state index is 0.102. The lowest BCUT2D eigenvalue weighted by atomic mass is 10.3. The van der Waals surface area contributed by atoms with Gasteiger partial charge in [-0.2, -0.15) is 10.2 Å². The van der Waals surface area contributed by atoms with Crippen LogP contribution in [0, 0.1) is 0 Å². The number of hydrogen-bond acceptors (Lipinski definition) is 5. The Morgan fingerprint density at radius 1 is 1.55 bits per heavy atom. The van der Waals surface area contributed by atoms with Crippen LogP contribution in [0.2, 0.25) is 0 Å². The van der Waals surface area contributed by atoms with Crippen LogP contribution >= 0.6 is 0 Å². The number of anilines is 1. The zero-order valence-electron chi connectivity index (χ0n) is 12.9. The molecule has 22 heavy (non-hydrogen) atoms. The number of aromatic amines is 1. The molecule has 1 atom stereocenters. The van der Waals surface area contributed by atoms with Gasteiger partial charge in [0.05, 0.1) is 12.6 Å². The Labute approximate surface area is 128 Å². The van der Waals surface area contributed by atoms with Crippen LogP contribution in [0.1, 0.15) is 38.0 Å². The van der Waals surface area contributed by atoms with Crippen molar-refractivity contribution in [1.82, 2.24) is 29.9 Å². The molecule has 0 spiro atoms. The quantitative estimate of drug-likeness (QED) is 0.858. The number of likely N-dealkylation sites (tertiary alicyclic amines) is 1. The number of nitrogens with one attached hydrogen (secondary N) is 2. The molecule has 1 amide bonds. The first kappa shape index (κ1) is 14.7. The lowest BCUT2D eigenvalue weighted by Gasteiger charge is -2.14. The van der Waals surface area contributed by atoms with Gasteiger partial charge in [0.15, 0.2) is 5.82 Å². The molecule has 0 bridgehead atoms. The Hall–Kier alpha value is -2.22. The minimum Gasteiger partial charge on any atom is -0.309 e. The molecule has 2 N–H and O–H groups in total. The maximum absolute atomic E-state index is 11.0. The number of carbonyl (C=O) groups excluding carboxylic acids is 1.